The number of aldehydes is 1. The zero-order valence-electron chi connectivity index (χ0n) is 15.2. The van der Waals surface area contributed by atoms with Crippen LogP contribution in [0.15, 0.2) is 24.3 Å². The third-order valence-electron chi connectivity index (χ3n) is 4.32. The van der Waals surface area contributed by atoms with Crippen LogP contribution in [0.2, 0.25) is 0 Å². The van der Waals surface area contributed by atoms with Crippen LogP contribution in [-0.4, -0.2) is 42.9 Å². The molecule has 0 radical (unpaired) electrons. The highest BCUT2D eigenvalue weighted by Gasteiger charge is 2.72. The van der Waals surface area contributed by atoms with Crippen LogP contribution in [-0.2, 0) is 19.4 Å². The number of hydrogen-bond donors (Lipinski definition) is 1. The summed E-state index contributed by atoms with van der Waals surface area (Å²) >= 11 is 0. The van der Waals surface area contributed by atoms with Gasteiger partial charge in [0.2, 0.25) is 0 Å². The standard InChI is InChI=1S/C18H25NO5S/c1-6-25(22,23)15-14(13-9-7-12(2)8-10-13)18(15,11-20)19-16(21)24-17(3,4)5/h7-11,14-15H,6H2,1-5H3,(H,19,21)/t14-,15-,18+/m0/s1. The Morgan fingerprint density at radius 2 is 1.84 bits per heavy atom. The van der Waals surface area contributed by atoms with Gasteiger partial charge < -0.3 is 14.8 Å². The molecule has 1 N–H and O–H groups in total. The summed E-state index contributed by atoms with van der Waals surface area (Å²) in [5.74, 6) is -0.728. The molecule has 0 bridgehead atoms. The topological polar surface area (TPSA) is 89.5 Å². The summed E-state index contributed by atoms with van der Waals surface area (Å²) < 4.78 is 30.2. The smallest absolute Gasteiger partial charge is 0.408 e. The zero-order chi connectivity index (χ0) is 19.0. The summed E-state index contributed by atoms with van der Waals surface area (Å²) in [5, 5.41) is 1.53. The van der Waals surface area contributed by atoms with E-state index in [9.17, 15) is 18.0 Å². The third kappa shape index (κ3) is 3.86. The van der Waals surface area contributed by atoms with E-state index in [0.717, 1.165) is 5.56 Å². The second-order valence-electron chi connectivity index (χ2n) is 7.44. The Morgan fingerprint density at radius 3 is 2.28 bits per heavy atom. The molecule has 2 rings (SSSR count). The monoisotopic (exact) mass is 367 g/mol. The fourth-order valence-corrected chi connectivity index (χ4v) is 5.01. The van der Waals surface area contributed by atoms with Crippen LogP contribution >= 0.6 is 0 Å². The van der Waals surface area contributed by atoms with E-state index in [1.807, 2.05) is 19.1 Å². The molecule has 3 atom stereocenters. The first-order valence-electron chi connectivity index (χ1n) is 8.22. The molecule has 1 aliphatic rings. The van der Waals surface area contributed by atoms with Gasteiger partial charge in [0.15, 0.2) is 9.84 Å². The Hall–Kier alpha value is -1.89. The molecule has 0 spiro atoms. The van der Waals surface area contributed by atoms with Gasteiger partial charge in [0.25, 0.3) is 0 Å². The summed E-state index contributed by atoms with van der Waals surface area (Å²) in [6.07, 6.45) is -0.273. The summed E-state index contributed by atoms with van der Waals surface area (Å²) in [5.41, 5.74) is -0.513. The molecule has 1 amide bonds. The van der Waals surface area contributed by atoms with Gasteiger partial charge in [-0.15, -0.1) is 0 Å². The van der Waals surface area contributed by atoms with Crippen LogP contribution in [0, 0.1) is 6.92 Å². The van der Waals surface area contributed by atoms with Gasteiger partial charge in [0, 0.05) is 11.7 Å². The van der Waals surface area contributed by atoms with E-state index in [1.54, 1.807) is 32.9 Å². The third-order valence-corrected chi connectivity index (χ3v) is 6.56. The Balaban J connectivity index is 2.40. The van der Waals surface area contributed by atoms with Crippen LogP contribution in [0.3, 0.4) is 0 Å². The largest absolute Gasteiger partial charge is 0.444 e. The number of benzene rings is 1. The van der Waals surface area contributed by atoms with Crippen molar-refractivity contribution in [2.75, 3.05) is 5.75 Å². The van der Waals surface area contributed by atoms with Crippen LogP contribution in [0.25, 0.3) is 0 Å². The van der Waals surface area contributed by atoms with Crippen molar-refractivity contribution in [3.05, 3.63) is 35.4 Å². The number of carbonyl (C=O) groups excluding carboxylic acids is 2. The van der Waals surface area contributed by atoms with E-state index >= 15 is 0 Å². The van der Waals surface area contributed by atoms with Crippen LogP contribution in [0.5, 0.6) is 0 Å². The number of ether oxygens (including phenoxy) is 1. The molecule has 138 valence electrons. The molecule has 0 heterocycles. The number of aryl methyl sites for hydroxylation is 1. The van der Waals surface area contributed by atoms with Crippen molar-refractivity contribution >= 4 is 22.2 Å². The molecule has 1 aromatic carbocycles. The Kier molecular flexibility index (Phi) is 5.01. The fourth-order valence-electron chi connectivity index (χ4n) is 3.08. The summed E-state index contributed by atoms with van der Waals surface area (Å²) in [6.45, 7) is 8.55. The van der Waals surface area contributed by atoms with E-state index in [2.05, 4.69) is 5.32 Å². The fraction of sp³-hybridized carbons (Fsp3) is 0.556. The van der Waals surface area contributed by atoms with Crippen molar-refractivity contribution < 1.29 is 22.7 Å². The summed E-state index contributed by atoms with van der Waals surface area (Å²) in [7, 11) is -3.54. The van der Waals surface area contributed by atoms with Gasteiger partial charge in [0.05, 0.1) is 0 Å². The van der Waals surface area contributed by atoms with Crippen molar-refractivity contribution in [2.45, 2.75) is 56.9 Å². The lowest BCUT2D eigenvalue weighted by Gasteiger charge is -2.22. The van der Waals surface area contributed by atoms with Gasteiger partial charge in [-0.2, -0.15) is 0 Å². The van der Waals surface area contributed by atoms with Crippen molar-refractivity contribution in [2.24, 2.45) is 0 Å². The second-order valence-corrected chi connectivity index (χ2v) is 9.85. The predicted molar refractivity (Wildman–Crippen MR) is 95.3 cm³/mol. The molecule has 1 aliphatic carbocycles. The van der Waals surface area contributed by atoms with E-state index < -0.39 is 38.2 Å². The molecule has 1 saturated carbocycles. The summed E-state index contributed by atoms with van der Waals surface area (Å²) in [4.78, 5) is 24.1. The molecule has 1 aromatic rings. The van der Waals surface area contributed by atoms with Crippen LogP contribution in [0.1, 0.15) is 44.7 Å². The molecule has 25 heavy (non-hydrogen) atoms. The molecule has 0 aliphatic heterocycles. The Bertz CT molecular complexity index is 764. The van der Waals surface area contributed by atoms with Gasteiger partial charge in [-0.25, -0.2) is 13.2 Å². The normalized spacial score (nSPS) is 26.0. The Morgan fingerprint density at radius 1 is 1.28 bits per heavy atom. The molecular weight excluding hydrogens is 342 g/mol. The predicted octanol–water partition coefficient (Wildman–Crippen LogP) is 2.36. The number of rotatable bonds is 5. The highest BCUT2D eigenvalue weighted by Crippen LogP contribution is 2.55. The number of carbonyl (C=O) groups is 2. The second kappa shape index (κ2) is 6.44. The minimum Gasteiger partial charge on any atom is -0.444 e. The first-order valence-corrected chi connectivity index (χ1v) is 9.94. The van der Waals surface area contributed by atoms with Gasteiger partial charge >= 0.3 is 6.09 Å². The molecule has 6 nitrogen and oxygen atoms in total. The molecule has 0 saturated heterocycles. The molecular formula is C18H25NO5S. The number of alkyl carbamates (subject to hydrolysis) is 1. The molecule has 0 unspecified atom stereocenters. The van der Waals surface area contributed by atoms with Gasteiger partial charge in [-0.05, 0) is 33.3 Å². The number of sulfone groups is 1. The number of amides is 1. The van der Waals surface area contributed by atoms with Crippen LogP contribution < -0.4 is 5.32 Å². The average Bonchev–Trinajstić information content (AvgIpc) is 3.15. The van der Waals surface area contributed by atoms with E-state index in [0.29, 0.717) is 11.8 Å². The first kappa shape index (κ1) is 19.4. The van der Waals surface area contributed by atoms with Gasteiger partial charge in [-0.1, -0.05) is 36.8 Å². The minimum absolute atomic E-state index is 0.106. The summed E-state index contributed by atoms with van der Waals surface area (Å²) in [6, 6.07) is 7.29. The van der Waals surface area contributed by atoms with Crippen molar-refractivity contribution in [1.29, 1.82) is 0 Å². The highest BCUT2D eigenvalue weighted by atomic mass is 32.2. The Labute approximate surface area is 148 Å². The van der Waals surface area contributed by atoms with Gasteiger partial charge in [-0.3, -0.25) is 0 Å². The maximum Gasteiger partial charge on any atom is 0.408 e. The lowest BCUT2D eigenvalue weighted by molar-refractivity contribution is -0.110. The zero-order valence-corrected chi connectivity index (χ0v) is 16.0. The average molecular weight is 367 g/mol. The maximum absolute atomic E-state index is 12.5. The lowest BCUT2D eigenvalue weighted by atomic mass is 10.1. The van der Waals surface area contributed by atoms with E-state index in [1.165, 1.54) is 6.92 Å². The molecule has 0 aromatic heterocycles. The molecule has 7 heteroatoms. The van der Waals surface area contributed by atoms with Gasteiger partial charge in [0.1, 0.15) is 22.7 Å². The molecule has 1 fully saturated rings. The SMILES string of the molecule is CCS(=O)(=O)[C@H]1[C@H](c2ccc(C)cc2)[C@@]1(C=O)NC(=O)OC(C)(C)C. The lowest BCUT2D eigenvalue weighted by Crippen LogP contribution is -2.45. The van der Waals surface area contributed by atoms with Crippen molar-refractivity contribution in [3.63, 3.8) is 0 Å². The van der Waals surface area contributed by atoms with Crippen LogP contribution in [0.4, 0.5) is 4.79 Å². The maximum atomic E-state index is 12.5. The minimum atomic E-state index is -3.54. The first-order chi connectivity index (χ1) is 11.5. The van der Waals surface area contributed by atoms with E-state index in [-0.39, 0.29) is 5.75 Å². The van der Waals surface area contributed by atoms with E-state index in [4.69, 9.17) is 4.74 Å². The highest BCUT2D eigenvalue weighted by molar-refractivity contribution is 7.92. The van der Waals surface area contributed by atoms with Crippen molar-refractivity contribution in [1.82, 2.24) is 5.32 Å². The van der Waals surface area contributed by atoms with Crippen molar-refractivity contribution in [3.8, 4) is 0 Å². The number of hydrogen-bond acceptors (Lipinski definition) is 5. The quantitative estimate of drug-likeness (QED) is 0.807. The number of nitrogens with one attached hydrogen (secondary N) is 1.